The first-order valence-electron chi connectivity index (χ1n) is 4.06. The van der Waals surface area contributed by atoms with Crippen molar-refractivity contribution in [1.82, 2.24) is 0 Å². The monoisotopic (exact) mass is 192 g/mol. The highest BCUT2D eigenvalue weighted by Gasteiger charge is 1.95. The lowest BCUT2D eigenvalue weighted by Gasteiger charge is -1.99. The minimum Gasteiger partial charge on any atom is -0.481 e. The predicted molar refractivity (Wildman–Crippen MR) is 50.7 cm³/mol. The van der Waals surface area contributed by atoms with Gasteiger partial charge < -0.3 is 9.84 Å². The molecule has 0 radical (unpaired) electrons. The van der Waals surface area contributed by atoms with E-state index in [1.807, 2.05) is 0 Å². The van der Waals surface area contributed by atoms with Crippen LogP contribution in [0.2, 0.25) is 0 Å². The first kappa shape index (κ1) is 11.8. The third kappa shape index (κ3) is 9.78. The van der Waals surface area contributed by atoms with Crippen LogP contribution in [0.25, 0.3) is 0 Å². The van der Waals surface area contributed by atoms with Gasteiger partial charge in [-0.1, -0.05) is 0 Å². The summed E-state index contributed by atoms with van der Waals surface area (Å²) in [5.41, 5.74) is 0. The van der Waals surface area contributed by atoms with Gasteiger partial charge in [0.15, 0.2) is 0 Å². The van der Waals surface area contributed by atoms with E-state index in [1.165, 1.54) is 0 Å². The van der Waals surface area contributed by atoms with Crippen molar-refractivity contribution < 1.29 is 14.6 Å². The molecule has 0 aromatic rings. The van der Waals surface area contributed by atoms with Crippen LogP contribution in [0.4, 0.5) is 0 Å². The van der Waals surface area contributed by atoms with Crippen molar-refractivity contribution >= 4 is 17.7 Å². The third-order valence-corrected chi connectivity index (χ3v) is 2.47. The van der Waals surface area contributed by atoms with E-state index in [-0.39, 0.29) is 6.42 Å². The Morgan fingerprint density at radius 3 is 2.67 bits per heavy atom. The van der Waals surface area contributed by atoms with Gasteiger partial charge in [-0.2, -0.15) is 11.8 Å². The minimum atomic E-state index is -0.701. The van der Waals surface area contributed by atoms with Gasteiger partial charge >= 0.3 is 5.97 Å². The number of rotatable bonds is 8. The Hall–Kier alpha value is -0.220. The lowest BCUT2D eigenvalue weighted by molar-refractivity contribution is -0.137. The number of ether oxygens (including phenoxy) is 1. The second-order valence-corrected chi connectivity index (χ2v) is 3.68. The number of aliphatic carboxylic acids is 1. The lowest BCUT2D eigenvalue weighted by Crippen LogP contribution is -1.96. The van der Waals surface area contributed by atoms with Crippen molar-refractivity contribution in [2.24, 2.45) is 0 Å². The molecule has 0 saturated heterocycles. The van der Waals surface area contributed by atoms with Crippen molar-refractivity contribution in [3.8, 4) is 0 Å². The van der Waals surface area contributed by atoms with Crippen LogP contribution in [-0.2, 0) is 9.53 Å². The average molecular weight is 192 g/mol. The fourth-order valence-electron chi connectivity index (χ4n) is 0.733. The van der Waals surface area contributed by atoms with Crippen LogP contribution in [0.15, 0.2) is 0 Å². The molecule has 0 fully saturated rings. The Balaban J connectivity index is 2.86. The zero-order valence-corrected chi connectivity index (χ0v) is 8.23. The molecule has 0 aliphatic rings. The molecule has 12 heavy (non-hydrogen) atoms. The number of carbonyl (C=O) groups is 1. The summed E-state index contributed by atoms with van der Waals surface area (Å²) in [6, 6.07) is 0. The summed E-state index contributed by atoms with van der Waals surface area (Å²) in [6.45, 7) is 0.798. The summed E-state index contributed by atoms with van der Waals surface area (Å²) in [5.74, 6) is 1.30. The highest BCUT2D eigenvalue weighted by molar-refractivity contribution is 7.99. The first-order valence-corrected chi connectivity index (χ1v) is 5.21. The highest BCUT2D eigenvalue weighted by atomic mass is 32.2. The molecule has 0 saturated carbocycles. The van der Waals surface area contributed by atoms with Gasteiger partial charge in [0.05, 0.1) is 0 Å². The summed E-state index contributed by atoms with van der Waals surface area (Å²) in [6.07, 6.45) is 2.11. The number of hydrogen-bond donors (Lipinski definition) is 1. The van der Waals surface area contributed by atoms with E-state index in [0.29, 0.717) is 0 Å². The maximum atomic E-state index is 10.1. The number of methoxy groups -OCH3 is 1. The van der Waals surface area contributed by atoms with Crippen molar-refractivity contribution in [3.63, 3.8) is 0 Å². The molecule has 0 atom stereocenters. The van der Waals surface area contributed by atoms with Crippen LogP contribution in [0, 0.1) is 0 Å². The Labute approximate surface area is 77.5 Å². The van der Waals surface area contributed by atoms with E-state index in [1.54, 1.807) is 18.9 Å². The summed E-state index contributed by atoms with van der Waals surface area (Å²) in [5, 5.41) is 8.32. The molecule has 0 rings (SSSR count). The van der Waals surface area contributed by atoms with Gasteiger partial charge in [0.25, 0.3) is 0 Å². The molecule has 72 valence electrons. The van der Waals surface area contributed by atoms with Gasteiger partial charge in [-0.3, -0.25) is 4.79 Å². The Morgan fingerprint density at radius 1 is 1.42 bits per heavy atom. The number of carboxylic acids is 1. The highest BCUT2D eigenvalue weighted by Crippen LogP contribution is 2.05. The fourth-order valence-corrected chi connectivity index (χ4v) is 1.61. The van der Waals surface area contributed by atoms with Crippen LogP contribution >= 0.6 is 11.8 Å². The van der Waals surface area contributed by atoms with Crippen LogP contribution in [0.3, 0.4) is 0 Å². The minimum absolute atomic E-state index is 0.289. The molecule has 0 heterocycles. The summed E-state index contributed by atoms with van der Waals surface area (Å²) >= 11 is 1.79. The molecule has 3 nitrogen and oxygen atoms in total. The van der Waals surface area contributed by atoms with Crippen LogP contribution in [0.1, 0.15) is 19.3 Å². The van der Waals surface area contributed by atoms with E-state index >= 15 is 0 Å². The molecule has 0 amide bonds. The molecular weight excluding hydrogens is 176 g/mol. The standard InChI is InChI=1S/C8H16O3S/c1-11-5-3-7-12-6-2-4-8(9)10/h2-7H2,1H3,(H,9,10). The third-order valence-electron chi connectivity index (χ3n) is 1.32. The summed E-state index contributed by atoms with van der Waals surface area (Å²) < 4.78 is 4.88. The Kier molecular flexibility index (Phi) is 8.71. The molecule has 0 unspecified atom stereocenters. The summed E-state index contributed by atoms with van der Waals surface area (Å²) in [4.78, 5) is 10.1. The zero-order valence-electron chi connectivity index (χ0n) is 7.41. The van der Waals surface area contributed by atoms with E-state index in [4.69, 9.17) is 9.84 Å². The second-order valence-electron chi connectivity index (χ2n) is 2.46. The van der Waals surface area contributed by atoms with E-state index < -0.39 is 5.97 Å². The smallest absolute Gasteiger partial charge is 0.303 e. The largest absolute Gasteiger partial charge is 0.481 e. The molecule has 0 aromatic carbocycles. The maximum absolute atomic E-state index is 10.1. The summed E-state index contributed by atoms with van der Waals surface area (Å²) in [7, 11) is 1.69. The number of thioether (sulfide) groups is 1. The Bertz CT molecular complexity index is 117. The average Bonchev–Trinajstić information content (AvgIpc) is 2.02. The first-order chi connectivity index (χ1) is 5.77. The van der Waals surface area contributed by atoms with Crippen molar-refractivity contribution in [3.05, 3.63) is 0 Å². The van der Waals surface area contributed by atoms with Gasteiger partial charge in [0, 0.05) is 20.1 Å². The van der Waals surface area contributed by atoms with Crippen molar-refractivity contribution in [2.75, 3.05) is 25.2 Å². The van der Waals surface area contributed by atoms with Crippen LogP contribution in [0.5, 0.6) is 0 Å². The van der Waals surface area contributed by atoms with E-state index in [9.17, 15) is 4.79 Å². The normalized spacial score (nSPS) is 10.1. The van der Waals surface area contributed by atoms with Crippen molar-refractivity contribution in [2.45, 2.75) is 19.3 Å². The van der Waals surface area contributed by atoms with Gasteiger partial charge in [0.1, 0.15) is 0 Å². The van der Waals surface area contributed by atoms with Crippen LogP contribution in [-0.4, -0.2) is 36.3 Å². The molecule has 0 aliphatic carbocycles. The SMILES string of the molecule is COCCCSCCCC(=O)O. The number of carboxylic acid groups (broad SMARTS) is 1. The molecule has 0 bridgehead atoms. The van der Waals surface area contributed by atoms with E-state index in [2.05, 4.69) is 0 Å². The lowest BCUT2D eigenvalue weighted by atomic mass is 10.3. The molecule has 4 heteroatoms. The fraction of sp³-hybridized carbons (Fsp3) is 0.875. The quantitative estimate of drug-likeness (QED) is 0.594. The van der Waals surface area contributed by atoms with Gasteiger partial charge in [-0.25, -0.2) is 0 Å². The molecular formula is C8H16O3S. The van der Waals surface area contributed by atoms with Crippen LogP contribution < -0.4 is 0 Å². The predicted octanol–water partition coefficient (Wildman–Crippen LogP) is 1.62. The topological polar surface area (TPSA) is 46.5 Å². The molecule has 1 N–H and O–H groups in total. The van der Waals surface area contributed by atoms with Gasteiger partial charge in [-0.05, 0) is 24.3 Å². The molecule has 0 aliphatic heterocycles. The van der Waals surface area contributed by atoms with Gasteiger partial charge in [-0.15, -0.1) is 0 Å². The zero-order chi connectivity index (χ0) is 9.23. The van der Waals surface area contributed by atoms with E-state index in [0.717, 1.165) is 31.0 Å². The second kappa shape index (κ2) is 8.87. The Morgan fingerprint density at radius 2 is 2.08 bits per heavy atom. The molecule has 0 aromatic heterocycles. The number of hydrogen-bond acceptors (Lipinski definition) is 3. The van der Waals surface area contributed by atoms with Gasteiger partial charge in [0.2, 0.25) is 0 Å². The molecule has 0 spiro atoms. The van der Waals surface area contributed by atoms with Crippen molar-refractivity contribution in [1.29, 1.82) is 0 Å². The maximum Gasteiger partial charge on any atom is 0.303 e.